The third-order valence-corrected chi connectivity index (χ3v) is 4.32. The number of aromatic nitrogens is 1. The quantitative estimate of drug-likeness (QED) is 0.780. The van der Waals surface area contributed by atoms with Gasteiger partial charge >= 0.3 is 5.97 Å². The zero-order valence-corrected chi connectivity index (χ0v) is 12.9. The highest BCUT2D eigenvalue weighted by molar-refractivity contribution is 7.11. The molecule has 0 radical (unpaired) electrons. The van der Waals surface area contributed by atoms with Crippen LogP contribution in [0.15, 0.2) is 0 Å². The molecule has 1 aromatic heterocycles. The lowest BCUT2D eigenvalue weighted by Gasteiger charge is -2.26. The average molecular weight is 285 g/mol. The molecule has 0 aliphatic rings. The zero-order chi connectivity index (χ0) is 14.4. The molecule has 0 aliphatic carbocycles. The van der Waals surface area contributed by atoms with Gasteiger partial charge in [0.1, 0.15) is 10.6 Å². The Hall–Kier alpha value is -1.30. The van der Waals surface area contributed by atoms with Crippen molar-refractivity contribution in [1.29, 1.82) is 0 Å². The van der Waals surface area contributed by atoms with E-state index in [1.807, 2.05) is 0 Å². The van der Waals surface area contributed by atoms with Crippen LogP contribution in [-0.2, 0) is 4.74 Å². The summed E-state index contributed by atoms with van der Waals surface area (Å²) in [6.07, 6.45) is 2.24. The Kier molecular flexibility index (Phi) is 6.08. The lowest BCUT2D eigenvalue weighted by Crippen LogP contribution is -2.29. The minimum absolute atomic E-state index is 0.259. The lowest BCUT2D eigenvalue weighted by molar-refractivity contribution is 0.0603. The summed E-state index contributed by atoms with van der Waals surface area (Å²) < 4.78 is 8.88. The Morgan fingerprint density at radius 2 is 2.05 bits per heavy atom. The maximum Gasteiger partial charge on any atom is 0.344 e. The van der Waals surface area contributed by atoms with Gasteiger partial charge in [0.15, 0.2) is 5.82 Å². The van der Waals surface area contributed by atoms with Crippen molar-refractivity contribution >= 4 is 28.3 Å². The molecule has 5 nitrogen and oxygen atoms in total. The molecule has 1 aromatic rings. The number of ether oxygens (including phenoxy) is 1. The van der Waals surface area contributed by atoms with E-state index in [9.17, 15) is 4.79 Å². The molecule has 0 fully saturated rings. The summed E-state index contributed by atoms with van der Waals surface area (Å²) in [5.74, 6) is 0.452. The molecule has 2 N–H and O–H groups in total. The summed E-state index contributed by atoms with van der Waals surface area (Å²) in [6, 6.07) is 0. The van der Waals surface area contributed by atoms with Gasteiger partial charge in [-0.2, -0.15) is 4.37 Å². The van der Waals surface area contributed by atoms with Gasteiger partial charge in [0.25, 0.3) is 0 Å². The summed E-state index contributed by atoms with van der Waals surface area (Å²) in [7, 11) is 1.36. The highest BCUT2D eigenvalue weighted by atomic mass is 32.1. The number of nitrogens with zero attached hydrogens (tertiary/aromatic N) is 2. The Bertz CT molecular complexity index is 416. The lowest BCUT2D eigenvalue weighted by atomic mass is 10.0. The fourth-order valence-electron chi connectivity index (χ4n) is 2.02. The maximum atomic E-state index is 11.8. The summed E-state index contributed by atoms with van der Waals surface area (Å²) in [5, 5.41) is 0.818. The Morgan fingerprint density at radius 1 is 1.42 bits per heavy atom. The molecule has 0 unspecified atom stereocenters. The molecule has 0 saturated heterocycles. The van der Waals surface area contributed by atoms with Crippen LogP contribution in [0.1, 0.15) is 44.0 Å². The van der Waals surface area contributed by atoms with Gasteiger partial charge in [-0.1, -0.05) is 26.7 Å². The summed E-state index contributed by atoms with van der Waals surface area (Å²) in [4.78, 5) is 14.0. The van der Waals surface area contributed by atoms with Crippen molar-refractivity contribution in [2.75, 3.05) is 30.8 Å². The number of nitrogens with two attached hydrogens (primary N) is 1. The summed E-state index contributed by atoms with van der Waals surface area (Å²) in [5.41, 5.74) is 6.18. The van der Waals surface area contributed by atoms with E-state index in [-0.39, 0.29) is 5.82 Å². The van der Waals surface area contributed by atoms with Crippen LogP contribution in [0, 0.1) is 5.92 Å². The van der Waals surface area contributed by atoms with Gasteiger partial charge in [-0.25, -0.2) is 4.79 Å². The van der Waals surface area contributed by atoms with E-state index in [4.69, 9.17) is 10.5 Å². The first-order valence-electron chi connectivity index (χ1n) is 6.67. The largest absolute Gasteiger partial charge is 0.465 e. The molecular weight excluding hydrogens is 262 g/mol. The third-order valence-electron chi connectivity index (χ3n) is 3.39. The van der Waals surface area contributed by atoms with Crippen molar-refractivity contribution in [1.82, 2.24) is 4.37 Å². The van der Waals surface area contributed by atoms with Crippen molar-refractivity contribution in [2.24, 2.45) is 5.92 Å². The van der Waals surface area contributed by atoms with Gasteiger partial charge < -0.3 is 15.4 Å². The number of methoxy groups -OCH3 is 1. The Balaban J connectivity index is 3.01. The van der Waals surface area contributed by atoms with E-state index in [0.717, 1.165) is 30.9 Å². The van der Waals surface area contributed by atoms with Gasteiger partial charge in [-0.05, 0) is 24.4 Å². The fraction of sp³-hybridized carbons (Fsp3) is 0.692. The average Bonchev–Trinajstić information content (AvgIpc) is 2.81. The molecule has 6 heteroatoms. The van der Waals surface area contributed by atoms with Gasteiger partial charge in [-0.3, -0.25) is 0 Å². The summed E-state index contributed by atoms with van der Waals surface area (Å²) >= 11 is 1.27. The second-order valence-corrected chi connectivity index (χ2v) is 5.21. The molecule has 0 amide bonds. The molecule has 0 aromatic carbocycles. The molecule has 1 rings (SSSR count). The van der Waals surface area contributed by atoms with Crippen LogP contribution in [0.4, 0.5) is 10.8 Å². The number of hydrogen-bond acceptors (Lipinski definition) is 6. The van der Waals surface area contributed by atoms with Crippen molar-refractivity contribution in [2.45, 2.75) is 33.6 Å². The first kappa shape index (κ1) is 15.8. The number of nitrogen functional groups attached to an aromatic ring is 1. The predicted molar refractivity (Wildman–Crippen MR) is 79.8 cm³/mol. The van der Waals surface area contributed by atoms with Crippen LogP contribution in [0.2, 0.25) is 0 Å². The predicted octanol–water partition coefficient (Wildman–Crippen LogP) is 2.77. The van der Waals surface area contributed by atoms with Crippen molar-refractivity contribution in [3.8, 4) is 0 Å². The smallest absolute Gasteiger partial charge is 0.344 e. The van der Waals surface area contributed by atoms with Crippen LogP contribution < -0.4 is 10.6 Å². The second kappa shape index (κ2) is 7.33. The minimum Gasteiger partial charge on any atom is -0.465 e. The number of carbonyl (C=O) groups is 1. The van der Waals surface area contributed by atoms with Crippen LogP contribution >= 0.6 is 11.5 Å². The van der Waals surface area contributed by atoms with Crippen molar-refractivity contribution in [3.63, 3.8) is 0 Å². The highest BCUT2D eigenvalue weighted by Crippen LogP contribution is 2.32. The molecule has 0 spiro atoms. The van der Waals surface area contributed by atoms with E-state index in [1.54, 1.807) is 0 Å². The molecule has 0 saturated carbocycles. The van der Waals surface area contributed by atoms with Crippen molar-refractivity contribution < 1.29 is 9.53 Å². The van der Waals surface area contributed by atoms with Crippen LogP contribution in [-0.4, -0.2) is 30.5 Å². The standard InChI is InChI=1S/C13H23N3O2S/c1-5-9(6-2)8-16(7-3)12-10(13(17)18-4)11(14)15-19-12/h9H,5-8H2,1-4H3,(H2,14,15). The normalized spacial score (nSPS) is 10.8. The van der Waals surface area contributed by atoms with Crippen LogP contribution in [0.5, 0.6) is 0 Å². The van der Waals surface area contributed by atoms with Crippen LogP contribution in [0.3, 0.4) is 0 Å². The number of anilines is 2. The highest BCUT2D eigenvalue weighted by Gasteiger charge is 2.24. The molecule has 0 aliphatic heterocycles. The van der Waals surface area contributed by atoms with Gasteiger partial charge in [0.05, 0.1) is 7.11 Å². The van der Waals surface area contributed by atoms with Gasteiger partial charge in [0, 0.05) is 13.1 Å². The molecule has 19 heavy (non-hydrogen) atoms. The van der Waals surface area contributed by atoms with E-state index < -0.39 is 5.97 Å². The van der Waals surface area contributed by atoms with Crippen LogP contribution in [0.25, 0.3) is 0 Å². The second-order valence-electron chi connectivity index (χ2n) is 4.46. The number of carbonyl (C=O) groups excluding carboxylic acids is 1. The van der Waals surface area contributed by atoms with Gasteiger partial charge in [-0.15, -0.1) is 0 Å². The number of esters is 1. The molecule has 1 heterocycles. The minimum atomic E-state index is -0.413. The third kappa shape index (κ3) is 3.59. The molecular formula is C13H23N3O2S. The number of rotatable bonds is 7. The van der Waals surface area contributed by atoms with Gasteiger partial charge in [0.2, 0.25) is 0 Å². The summed E-state index contributed by atoms with van der Waals surface area (Å²) in [6.45, 7) is 8.17. The Labute approximate surface area is 118 Å². The number of hydrogen-bond donors (Lipinski definition) is 1. The molecule has 108 valence electrons. The fourth-order valence-corrected chi connectivity index (χ4v) is 2.89. The Morgan fingerprint density at radius 3 is 2.53 bits per heavy atom. The SMILES string of the molecule is CCC(CC)CN(CC)c1snc(N)c1C(=O)OC. The van der Waals surface area contributed by atoms with E-state index in [1.165, 1.54) is 18.6 Å². The first-order chi connectivity index (χ1) is 9.08. The topological polar surface area (TPSA) is 68.5 Å². The van der Waals surface area contributed by atoms with Crippen molar-refractivity contribution in [3.05, 3.63) is 5.56 Å². The van der Waals surface area contributed by atoms with E-state index in [0.29, 0.717) is 11.5 Å². The molecule has 0 bridgehead atoms. The molecule has 0 atom stereocenters. The van der Waals surface area contributed by atoms with E-state index >= 15 is 0 Å². The first-order valence-corrected chi connectivity index (χ1v) is 7.44. The monoisotopic (exact) mass is 285 g/mol. The van der Waals surface area contributed by atoms with E-state index in [2.05, 4.69) is 30.0 Å². The maximum absolute atomic E-state index is 11.8. The zero-order valence-electron chi connectivity index (χ0n) is 12.1.